The molecule has 1 heterocycles. The van der Waals surface area contributed by atoms with Crippen molar-refractivity contribution < 1.29 is 5.11 Å². The van der Waals surface area contributed by atoms with Crippen LogP contribution in [0.2, 0.25) is 0 Å². The summed E-state index contributed by atoms with van der Waals surface area (Å²) in [6.45, 7) is 2.04. The Labute approximate surface area is 84.1 Å². The number of aromatic nitrogens is 3. The third-order valence-corrected chi connectivity index (χ3v) is 1.97. The van der Waals surface area contributed by atoms with Crippen LogP contribution in [0.15, 0.2) is 6.20 Å². The molecule has 0 bridgehead atoms. The Kier molecular flexibility index (Phi) is 5.17. The number of nitrogens with one attached hydrogen (secondary N) is 1. The lowest BCUT2D eigenvalue weighted by molar-refractivity contribution is 0.283. The largest absolute Gasteiger partial charge is 0.396 e. The molecule has 0 fully saturated rings. The van der Waals surface area contributed by atoms with Crippen LogP contribution in [0.4, 0.5) is 0 Å². The second-order valence-electron chi connectivity index (χ2n) is 3.34. The Morgan fingerprint density at radius 1 is 1.43 bits per heavy atom. The maximum absolute atomic E-state index is 8.56. The van der Waals surface area contributed by atoms with Crippen molar-refractivity contribution in [3.8, 4) is 0 Å². The van der Waals surface area contributed by atoms with Crippen LogP contribution in [0.5, 0.6) is 0 Å². The summed E-state index contributed by atoms with van der Waals surface area (Å²) in [5, 5.41) is 19.6. The van der Waals surface area contributed by atoms with Crippen LogP contribution in [-0.2, 0) is 13.6 Å². The first-order valence-corrected chi connectivity index (χ1v) is 4.99. The van der Waals surface area contributed by atoms with E-state index in [4.69, 9.17) is 5.11 Å². The molecule has 0 aliphatic rings. The molecule has 1 aromatic heterocycles. The summed E-state index contributed by atoms with van der Waals surface area (Å²) in [5.41, 5.74) is 0.967. The fourth-order valence-electron chi connectivity index (χ4n) is 1.23. The van der Waals surface area contributed by atoms with Crippen LogP contribution in [-0.4, -0.2) is 33.3 Å². The first-order valence-electron chi connectivity index (χ1n) is 4.99. The molecule has 0 radical (unpaired) electrons. The molecular formula is C9H18N4O. The number of nitrogens with zero attached hydrogens (tertiary/aromatic N) is 3. The first kappa shape index (κ1) is 11.1. The minimum atomic E-state index is 0.296. The van der Waals surface area contributed by atoms with E-state index < -0.39 is 0 Å². The predicted octanol–water partition coefficient (Wildman–Crippen LogP) is 0.0673. The van der Waals surface area contributed by atoms with Gasteiger partial charge in [-0.05, 0) is 25.8 Å². The van der Waals surface area contributed by atoms with Crippen molar-refractivity contribution in [1.29, 1.82) is 0 Å². The number of rotatable bonds is 7. The lowest BCUT2D eigenvalue weighted by Crippen LogP contribution is -2.15. The fraction of sp³-hybridized carbons (Fsp3) is 0.778. The van der Waals surface area contributed by atoms with Crippen molar-refractivity contribution >= 4 is 0 Å². The maximum atomic E-state index is 8.56. The predicted molar refractivity (Wildman–Crippen MR) is 53.6 cm³/mol. The zero-order valence-corrected chi connectivity index (χ0v) is 8.61. The molecule has 1 rings (SSSR count). The van der Waals surface area contributed by atoms with Crippen LogP contribution in [0.1, 0.15) is 25.0 Å². The van der Waals surface area contributed by atoms with Gasteiger partial charge in [0.15, 0.2) is 0 Å². The average molecular weight is 198 g/mol. The smallest absolute Gasteiger partial charge is 0.0964 e. The normalized spacial score (nSPS) is 10.7. The van der Waals surface area contributed by atoms with Crippen molar-refractivity contribution in [2.75, 3.05) is 13.2 Å². The van der Waals surface area contributed by atoms with Crippen LogP contribution < -0.4 is 5.32 Å². The van der Waals surface area contributed by atoms with Crippen LogP contribution in [0.25, 0.3) is 0 Å². The first-order chi connectivity index (χ1) is 6.83. The van der Waals surface area contributed by atoms with E-state index in [-0.39, 0.29) is 0 Å². The molecule has 0 saturated heterocycles. The molecule has 0 spiro atoms. The van der Waals surface area contributed by atoms with Crippen LogP contribution >= 0.6 is 0 Å². The number of aliphatic hydroxyl groups excluding tert-OH is 1. The number of hydrogen-bond donors (Lipinski definition) is 2. The molecule has 0 unspecified atom stereocenters. The summed E-state index contributed by atoms with van der Waals surface area (Å²) in [6.07, 6.45) is 4.97. The number of aryl methyl sites for hydroxylation is 1. The summed E-state index contributed by atoms with van der Waals surface area (Å²) >= 11 is 0. The summed E-state index contributed by atoms with van der Waals surface area (Å²) in [4.78, 5) is 0. The zero-order chi connectivity index (χ0) is 10.2. The highest BCUT2D eigenvalue weighted by molar-refractivity contribution is 4.90. The fourth-order valence-corrected chi connectivity index (χ4v) is 1.23. The second-order valence-corrected chi connectivity index (χ2v) is 3.34. The average Bonchev–Trinajstić information content (AvgIpc) is 2.58. The Hall–Kier alpha value is -0.940. The van der Waals surface area contributed by atoms with Gasteiger partial charge in [0.25, 0.3) is 0 Å². The molecular weight excluding hydrogens is 180 g/mol. The van der Waals surface area contributed by atoms with E-state index in [1.165, 1.54) is 0 Å². The van der Waals surface area contributed by atoms with E-state index >= 15 is 0 Å². The molecule has 80 valence electrons. The van der Waals surface area contributed by atoms with E-state index in [2.05, 4.69) is 15.6 Å². The lowest BCUT2D eigenvalue weighted by atomic mass is 10.2. The number of aliphatic hydroxyl groups is 1. The molecule has 0 amide bonds. The van der Waals surface area contributed by atoms with Crippen LogP contribution in [0.3, 0.4) is 0 Å². The molecule has 5 nitrogen and oxygen atoms in total. The molecule has 0 saturated carbocycles. The van der Waals surface area contributed by atoms with Gasteiger partial charge < -0.3 is 10.4 Å². The molecule has 0 aliphatic carbocycles. The Morgan fingerprint density at radius 2 is 2.29 bits per heavy atom. The van der Waals surface area contributed by atoms with Crippen molar-refractivity contribution in [3.63, 3.8) is 0 Å². The van der Waals surface area contributed by atoms with Gasteiger partial charge in [-0.2, -0.15) is 0 Å². The Balaban J connectivity index is 1.99. The van der Waals surface area contributed by atoms with Gasteiger partial charge in [-0.1, -0.05) is 5.21 Å². The highest BCUT2D eigenvalue weighted by Crippen LogP contribution is 1.94. The van der Waals surface area contributed by atoms with E-state index in [9.17, 15) is 0 Å². The van der Waals surface area contributed by atoms with Crippen molar-refractivity contribution in [3.05, 3.63) is 11.9 Å². The maximum Gasteiger partial charge on any atom is 0.0964 e. The van der Waals surface area contributed by atoms with Gasteiger partial charge in [0.1, 0.15) is 0 Å². The third-order valence-electron chi connectivity index (χ3n) is 1.97. The van der Waals surface area contributed by atoms with Crippen molar-refractivity contribution in [2.45, 2.75) is 25.8 Å². The van der Waals surface area contributed by atoms with Crippen molar-refractivity contribution in [2.24, 2.45) is 7.05 Å². The van der Waals surface area contributed by atoms with E-state index in [0.717, 1.165) is 38.0 Å². The van der Waals surface area contributed by atoms with E-state index in [0.29, 0.717) is 6.61 Å². The topological polar surface area (TPSA) is 63.0 Å². The standard InChI is InChI=1S/C9H18N4O/c1-13-8-9(11-12-13)7-10-5-3-2-4-6-14/h8,10,14H,2-7H2,1H3. The molecule has 14 heavy (non-hydrogen) atoms. The van der Waals surface area contributed by atoms with Gasteiger partial charge in [0.2, 0.25) is 0 Å². The molecule has 2 N–H and O–H groups in total. The highest BCUT2D eigenvalue weighted by Gasteiger charge is 1.96. The SMILES string of the molecule is Cn1cc(CNCCCCCO)nn1. The molecule has 0 aromatic carbocycles. The summed E-state index contributed by atoms with van der Waals surface area (Å²) < 4.78 is 1.70. The minimum absolute atomic E-state index is 0.296. The number of unbranched alkanes of at least 4 members (excludes halogenated alkanes) is 2. The summed E-state index contributed by atoms with van der Waals surface area (Å²) in [6, 6.07) is 0. The van der Waals surface area contributed by atoms with Gasteiger partial charge in [-0.3, -0.25) is 4.68 Å². The van der Waals surface area contributed by atoms with Crippen molar-refractivity contribution in [1.82, 2.24) is 20.3 Å². The molecule has 5 heteroatoms. The summed E-state index contributed by atoms with van der Waals surface area (Å²) in [7, 11) is 1.86. The Bertz CT molecular complexity index is 249. The van der Waals surface area contributed by atoms with Gasteiger partial charge >= 0.3 is 0 Å². The highest BCUT2D eigenvalue weighted by atomic mass is 16.2. The van der Waals surface area contributed by atoms with E-state index in [1.807, 2.05) is 13.2 Å². The molecule has 0 aliphatic heterocycles. The second kappa shape index (κ2) is 6.50. The third kappa shape index (κ3) is 4.34. The molecule has 1 aromatic rings. The molecule has 0 atom stereocenters. The van der Waals surface area contributed by atoms with E-state index in [1.54, 1.807) is 4.68 Å². The zero-order valence-electron chi connectivity index (χ0n) is 8.61. The van der Waals surface area contributed by atoms with Gasteiger partial charge in [-0.25, -0.2) is 0 Å². The minimum Gasteiger partial charge on any atom is -0.396 e. The van der Waals surface area contributed by atoms with Gasteiger partial charge in [0, 0.05) is 26.4 Å². The van der Waals surface area contributed by atoms with Crippen LogP contribution in [0, 0.1) is 0 Å². The quantitative estimate of drug-likeness (QED) is 0.608. The Morgan fingerprint density at radius 3 is 2.93 bits per heavy atom. The lowest BCUT2D eigenvalue weighted by Gasteiger charge is -2.00. The monoisotopic (exact) mass is 198 g/mol. The van der Waals surface area contributed by atoms with Gasteiger partial charge in [0.05, 0.1) is 5.69 Å². The number of hydrogen-bond acceptors (Lipinski definition) is 4. The summed E-state index contributed by atoms with van der Waals surface area (Å²) in [5.74, 6) is 0. The van der Waals surface area contributed by atoms with Gasteiger partial charge in [-0.15, -0.1) is 5.10 Å².